The minimum Gasteiger partial charge on any atom is -0.354 e. The Morgan fingerprint density at radius 1 is 1.23 bits per heavy atom. The molecule has 1 fully saturated rings. The van der Waals surface area contributed by atoms with Gasteiger partial charge in [-0.25, -0.2) is 4.98 Å². The van der Waals surface area contributed by atoms with Gasteiger partial charge in [-0.1, -0.05) is 12.1 Å². The van der Waals surface area contributed by atoms with Crippen molar-refractivity contribution >= 4 is 17.4 Å². The molecule has 2 aromatic heterocycles. The van der Waals surface area contributed by atoms with E-state index in [9.17, 15) is 4.79 Å². The quantitative estimate of drug-likeness (QED) is 0.806. The van der Waals surface area contributed by atoms with Crippen molar-refractivity contribution in [2.24, 2.45) is 0 Å². The number of pyridine rings is 1. The molecule has 0 aliphatic carbocycles. The fraction of sp³-hybridized carbons (Fsp3) is 0.556. The van der Waals surface area contributed by atoms with Gasteiger partial charge in [-0.2, -0.15) is 4.98 Å². The first-order chi connectivity index (χ1) is 12.6. The molecule has 8 heteroatoms. The van der Waals surface area contributed by atoms with Crippen LogP contribution in [0, 0.1) is 0 Å². The smallest absolute Gasteiger partial charge is 0.227 e. The van der Waals surface area contributed by atoms with Gasteiger partial charge >= 0.3 is 0 Å². The van der Waals surface area contributed by atoms with Gasteiger partial charge in [0.15, 0.2) is 5.82 Å². The van der Waals surface area contributed by atoms with Crippen molar-refractivity contribution in [1.29, 1.82) is 0 Å². The van der Waals surface area contributed by atoms with Crippen molar-refractivity contribution in [2.45, 2.75) is 32.6 Å². The van der Waals surface area contributed by atoms with Crippen LogP contribution in [-0.2, 0) is 17.6 Å². The number of anilines is 2. The maximum Gasteiger partial charge on any atom is 0.227 e. The number of carbonyl (C=O) groups is 1. The molecule has 0 bridgehead atoms. The van der Waals surface area contributed by atoms with E-state index in [2.05, 4.69) is 44.2 Å². The second kappa shape index (κ2) is 8.75. The van der Waals surface area contributed by atoms with Gasteiger partial charge in [-0.3, -0.25) is 4.79 Å². The lowest BCUT2D eigenvalue weighted by Gasteiger charge is -2.33. The predicted molar refractivity (Wildman–Crippen MR) is 99.2 cm³/mol. The molecule has 3 heterocycles. The van der Waals surface area contributed by atoms with Crippen molar-refractivity contribution < 1.29 is 9.32 Å². The Labute approximate surface area is 153 Å². The summed E-state index contributed by atoms with van der Waals surface area (Å²) < 4.78 is 5.15. The Hall–Kier alpha value is -2.48. The lowest BCUT2D eigenvalue weighted by atomic mass is 10.2. The average molecular weight is 358 g/mol. The van der Waals surface area contributed by atoms with E-state index < -0.39 is 0 Å². The third-order valence-electron chi connectivity index (χ3n) is 4.41. The van der Waals surface area contributed by atoms with Crippen LogP contribution < -0.4 is 10.2 Å². The van der Waals surface area contributed by atoms with Gasteiger partial charge in [0.25, 0.3) is 0 Å². The molecular weight excluding hydrogens is 332 g/mol. The highest BCUT2D eigenvalue weighted by atomic mass is 16.5. The number of rotatable bonds is 7. The fourth-order valence-corrected chi connectivity index (χ4v) is 2.84. The van der Waals surface area contributed by atoms with Gasteiger partial charge < -0.3 is 19.6 Å². The van der Waals surface area contributed by atoms with E-state index >= 15 is 0 Å². The number of carbonyl (C=O) groups excluding carboxylic acids is 1. The maximum absolute atomic E-state index is 12.1. The molecule has 8 nitrogen and oxygen atoms in total. The number of aromatic nitrogens is 3. The summed E-state index contributed by atoms with van der Waals surface area (Å²) >= 11 is 0. The van der Waals surface area contributed by atoms with Crippen molar-refractivity contribution in [2.75, 3.05) is 43.4 Å². The lowest BCUT2D eigenvalue weighted by molar-refractivity contribution is -0.116. The number of hydrogen-bond acceptors (Lipinski definition) is 7. The van der Waals surface area contributed by atoms with Crippen molar-refractivity contribution in [3.8, 4) is 0 Å². The van der Waals surface area contributed by atoms with Crippen LogP contribution >= 0.6 is 0 Å². The van der Waals surface area contributed by atoms with E-state index in [1.165, 1.54) is 0 Å². The Morgan fingerprint density at radius 3 is 2.73 bits per heavy atom. The first-order valence-corrected chi connectivity index (χ1v) is 9.15. The summed E-state index contributed by atoms with van der Waals surface area (Å²) in [5.41, 5.74) is 0.699. The molecule has 1 aliphatic rings. The number of aryl methyl sites for hydroxylation is 2. The van der Waals surface area contributed by atoms with Crippen LogP contribution in [0.3, 0.4) is 0 Å². The van der Waals surface area contributed by atoms with Gasteiger partial charge in [0.05, 0.1) is 11.9 Å². The molecule has 3 rings (SSSR count). The first-order valence-electron chi connectivity index (χ1n) is 9.15. The summed E-state index contributed by atoms with van der Waals surface area (Å²) in [7, 11) is 2.13. The van der Waals surface area contributed by atoms with Gasteiger partial charge in [0, 0.05) is 45.4 Å². The molecule has 26 heavy (non-hydrogen) atoms. The molecule has 0 aromatic carbocycles. The number of piperazine rings is 1. The van der Waals surface area contributed by atoms with E-state index in [0.717, 1.165) is 44.8 Å². The predicted octanol–water partition coefficient (Wildman–Crippen LogP) is 1.74. The minimum absolute atomic E-state index is 0.0885. The normalized spacial score (nSPS) is 15.2. The van der Waals surface area contributed by atoms with E-state index in [1.54, 1.807) is 6.20 Å². The number of likely N-dealkylation sites (N-methyl/N-ethyl adjacent to an activating group) is 1. The standard InChI is InChI=1S/C18H26N6O2/c1-3-4-15-21-18(26-22-15)8-7-17(25)20-14-5-6-16(19-13-14)24-11-9-23(2)10-12-24/h5-6,13H,3-4,7-12H2,1-2H3,(H,20,25). The monoisotopic (exact) mass is 358 g/mol. The molecule has 0 unspecified atom stereocenters. The van der Waals surface area contributed by atoms with Crippen molar-refractivity contribution in [3.63, 3.8) is 0 Å². The molecule has 0 saturated carbocycles. The van der Waals surface area contributed by atoms with Crippen molar-refractivity contribution in [3.05, 3.63) is 30.0 Å². The molecule has 1 N–H and O–H groups in total. The highest BCUT2D eigenvalue weighted by Gasteiger charge is 2.15. The fourth-order valence-electron chi connectivity index (χ4n) is 2.84. The molecular formula is C18H26N6O2. The average Bonchev–Trinajstić information content (AvgIpc) is 3.09. The first kappa shape index (κ1) is 18.3. The summed E-state index contributed by atoms with van der Waals surface area (Å²) in [6, 6.07) is 3.85. The van der Waals surface area contributed by atoms with Crippen LogP contribution in [0.15, 0.2) is 22.9 Å². The summed E-state index contributed by atoms with van der Waals surface area (Å²) in [4.78, 5) is 25.4. The molecule has 1 saturated heterocycles. The number of nitrogens with one attached hydrogen (secondary N) is 1. The largest absolute Gasteiger partial charge is 0.354 e. The zero-order chi connectivity index (χ0) is 18.4. The third kappa shape index (κ3) is 5.01. The van der Waals surface area contributed by atoms with Gasteiger partial charge in [0.1, 0.15) is 5.82 Å². The molecule has 0 spiro atoms. The van der Waals surface area contributed by atoms with Gasteiger partial charge in [0.2, 0.25) is 11.8 Å². The molecule has 1 aliphatic heterocycles. The van der Waals surface area contributed by atoms with Crippen LogP contribution in [0.5, 0.6) is 0 Å². The summed E-state index contributed by atoms with van der Waals surface area (Å²) in [5, 5.41) is 6.75. The van der Waals surface area contributed by atoms with Crippen LogP contribution in [0.1, 0.15) is 31.5 Å². The maximum atomic E-state index is 12.1. The number of amides is 1. The van der Waals surface area contributed by atoms with Crippen LogP contribution in [0.2, 0.25) is 0 Å². The molecule has 0 radical (unpaired) electrons. The minimum atomic E-state index is -0.0885. The molecule has 0 atom stereocenters. The Balaban J connectivity index is 1.46. The van der Waals surface area contributed by atoms with Crippen LogP contribution in [0.4, 0.5) is 11.5 Å². The Bertz CT molecular complexity index is 707. The summed E-state index contributed by atoms with van der Waals surface area (Å²) in [6.45, 7) is 6.08. The second-order valence-corrected chi connectivity index (χ2v) is 6.60. The lowest BCUT2D eigenvalue weighted by Crippen LogP contribution is -2.44. The Morgan fingerprint density at radius 2 is 2.04 bits per heavy atom. The topological polar surface area (TPSA) is 87.4 Å². The van der Waals surface area contributed by atoms with Gasteiger partial charge in [-0.05, 0) is 25.6 Å². The molecule has 1 amide bonds. The zero-order valence-electron chi connectivity index (χ0n) is 15.4. The number of nitrogens with zero attached hydrogens (tertiary/aromatic N) is 5. The van der Waals surface area contributed by atoms with Crippen molar-refractivity contribution in [1.82, 2.24) is 20.0 Å². The second-order valence-electron chi connectivity index (χ2n) is 6.60. The van der Waals surface area contributed by atoms with Gasteiger partial charge in [-0.15, -0.1) is 0 Å². The Kier molecular flexibility index (Phi) is 6.17. The van der Waals surface area contributed by atoms with Crippen LogP contribution in [0.25, 0.3) is 0 Å². The van der Waals surface area contributed by atoms with E-state index in [1.807, 2.05) is 12.1 Å². The van der Waals surface area contributed by atoms with E-state index in [4.69, 9.17) is 4.52 Å². The number of hydrogen-bond donors (Lipinski definition) is 1. The van der Waals surface area contributed by atoms with Crippen LogP contribution in [-0.4, -0.2) is 59.2 Å². The van der Waals surface area contributed by atoms with E-state index in [-0.39, 0.29) is 5.91 Å². The van der Waals surface area contributed by atoms with E-state index in [0.29, 0.717) is 30.2 Å². The summed E-state index contributed by atoms with van der Waals surface area (Å²) in [6.07, 6.45) is 4.21. The molecule has 140 valence electrons. The third-order valence-corrected chi connectivity index (χ3v) is 4.41. The highest BCUT2D eigenvalue weighted by molar-refractivity contribution is 5.90. The summed E-state index contributed by atoms with van der Waals surface area (Å²) in [5.74, 6) is 2.07. The molecule has 2 aromatic rings. The zero-order valence-corrected chi connectivity index (χ0v) is 15.4. The highest BCUT2D eigenvalue weighted by Crippen LogP contribution is 2.16. The SMILES string of the molecule is CCCc1noc(CCC(=O)Nc2ccc(N3CCN(C)CC3)nc2)n1.